The molecular formula is C20H20N4O2S. The van der Waals surface area contributed by atoms with E-state index in [0.717, 1.165) is 29.3 Å². The van der Waals surface area contributed by atoms with Gasteiger partial charge in [0.2, 0.25) is 5.78 Å². The zero-order valence-electron chi connectivity index (χ0n) is 15.3. The first kappa shape index (κ1) is 17.6. The van der Waals surface area contributed by atoms with E-state index >= 15 is 0 Å². The van der Waals surface area contributed by atoms with Crippen LogP contribution in [0.4, 0.5) is 0 Å². The maximum Gasteiger partial charge on any atom is 0.267 e. The van der Waals surface area contributed by atoms with Gasteiger partial charge < -0.3 is 4.74 Å². The molecule has 0 unspecified atom stereocenters. The van der Waals surface area contributed by atoms with E-state index in [2.05, 4.69) is 17.1 Å². The first-order valence-corrected chi connectivity index (χ1v) is 9.89. The van der Waals surface area contributed by atoms with Crippen molar-refractivity contribution in [1.82, 2.24) is 19.2 Å². The monoisotopic (exact) mass is 380 g/mol. The lowest BCUT2D eigenvalue weighted by Gasteiger charge is -2.12. The SMILES string of the molecule is CCCCSc1nnc2n(-c3cccc(OC)c3)c(=O)c3ccccc3n12. The quantitative estimate of drug-likeness (QED) is 0.375. The molecule has 0 fully saturated rings. The fraction of sp³-hybridized carbons (Fsp3) is 0.250. The summed E-state index contributed by atoms with van der Waals surface area (Å²) in [5, 5.41) is 10.2. The van der Waals surface area contributed by atoms with Gasteiger partial charge in [-0.3, -0.25) is 9.20 Å². The second-order valence-corrected chi connectivity index (χ2v) is 7.24. The second kappa shape index (κ2) is 7.44. The second-order valence-electron chi connectivity index (χ2n) is 6.18. The Morgan fingerprint density at radius 1 is 1.11 bits per heavy atom. The molecule has 0 amide bonds. The van der Waals surface area contributed by atoms with E-state index in [1.165, 1.54) is 0 Å². The van der Waals surface area contributed by atoms with Crippen molar-refractivity contribution in [1.29, 1.82) is 0 Å². The van der Waals surface area contributed by atoms with Crippen molar-refractivity contribution >= 4 is 28.4 Å². The lowest BCUT2D eigenvalue weighted by atomic mass is 10.2. The molecule has 6 nitrogen and oxygen atoms in total. The molecular weight excluding hydrogens is 360 g/mol. The van der Waals surface area contributed by atoms with E-state index in [0.29, 0.717) is 22.6 Å². The van der Waals surface area contributed by atoms with Gasteiger partial charge in [0.15, 0.2) is 5.16 Å². The van der Waals surface area contributed by atoms with Gasteiger partial charge >= 0.3 is 0 Å². The summed E-state index contributed by atoms with van der Waals surface area (Å²) in [4.78, 5) is 13.2. The number of ether oxygens (including phenoxy) is 1. The Hall–Kier alpha value is -2.80. The van der Waals surface area contributed by atoms with Gasteiger partial charge in [0, 0.05) is 11.8 Å². The molecule has 0 bridgehead atoms. The molecule has 0 aliphatic heterocycles. The Balaban J connectivity index is 2.03. The minimum absolute atomic E-state index is 0.121. The number of nitrogens with zero attached hydrogens (tertiary/aromatic N) is 4. The summed E-state index contributed by atoms with van der Waals surface area (Å²) >= 11 is 1.66. The van der Waals surface area contributed by atoms with Crippen molar-refractivity contribution in [3.8, 4) is 11.4 Å². The number of fused-ring (bicyclic) bond motifs is 3. The van der Waals surface area contributed by atoms with Crippen molar-refractivity contribution in [2.24, 2.45) is 0 Å². The van der Waals surface area contributed by atoms with Crippen LogP contribution in [0.5, 0.6) is 5.75 Å². The number of para-hydroxylation sites is 1. The van der Waals surface area contributed by atoms with E-state index < -0.39 is 0 Å². The van der Waals surface area contributed by atoms with Gasteiger partial charge in [-0.15, -0.1) is 10.2 Å². The van der Waals surface area contributed by atoms with Crippen molar-refractivity contribution in [2.75, 3.05) is 12.9 Å². The van der Waals surface area contributed by atoms with Crippen LogP contribution in [-0.2, 0) is 0 Å². The van der Waals surface area contributed by atoms with E-state index in [4.69, 9.17) is 4.74 Å². The van der Waals surface area contributed by atoms with Crippen LogP contribution in [0, 0.1) is 0 Å². The molecule has 0 aliphatic carbocycles. The van der Waals surface area contributed by atoms with Crippen molar-refractivity contribution in [2.45, 2.75) is 24.9 Å². The molecule has 2 aromatic heterocycles. The normalized spacial score (nSPS) is 11.3. The Kier molecular flexibility index (Phi) is 4.85. The number of hydrogen-bond acceptors (Lipinski definition) is 5. The highest BCUT2D eigenvalue weighted by molar-refractivity contribution is 7.99. The standard InChI is InChI=1S/C20H20N4O2S/c1-3-4-12-27-20-22-21-19-23(14-8-7-9-15(13-14)26-2)18(25)16-10-5-6-11-17(16)24(19)20/h5-11,13H,3-4,12H2,1-2H3. The van der Waals surface area contributed by atoms with Gasteiger partial charge in [0.25, 0.3) is 5.56 Å². The molecule has 27 heavy (non-hydrogen) atoms. The molecule has 138 valence electrons. The zero-order chi connectivity index (χ0) is 18.8. The van der Waals surface area contributed by atoms with Crippen molar-refractivity contribution < 1.29 is 4.74 Å². The van der Waals surface area contributed by atoms with E-state index in [9.17, 15) is 4.79 Å². The molecule has 0 N–H and O–H groups in total. The summed E-state index contributed by atoms with van der Waals surface area (Å²) in [6.45, 7) is 2.17. The van der Waals surface area contributed by atoms with E-state index in [-0.39, 0.29) is 5.56 Å². The van der Waals surface area contributed by atoms with Crippen molar-refractivity contribution in [3.63, 3.8) is 0 Å². The lowest BCUT2D eigenvalue weighted by Crippen LogP contribution is -2.21. The number of hydrogen-bond donors (Lipinski definition) is 0. The van der Waals surface area contributed by atoms with Crippen LogP contribution in [0.1, 0.15) is 19.8 Å². The average Bonchev–Trinajstić information content (AvgIpc) is 3.12. The number of unbranched alkanes of at least 4 members (excludes halogenated alkanes) is 1. The van der Waals surface area contributed by atoms with Gasteiger partial charge in [-0.1, -0.05) is 43.3 Å². The van der Waals surface area contributed by atoms with Gasteiger partial charge in [0.05, 0.1) is 23.7 Å². The summed E-state index contributed by atoms with van der Waals surface area (Å²) in [5.41, 5.74) is 1.40. The van der Waals surface area contributed by atoms with Gasteiger partial charge in [-0.25, -0.2) is 4.57 Å². The average molecular weight is 380 g/mol. The van der Waals surface area contributed by atoms with Gasteiger partial charge in [-0.2, -0.15) is 0 Å². The van der Waals surface area contributed by atoms with E-state index in [1.54, 1.807) is 23.4 Å². The summed E-state index contributed by atoms with van der Waals surface area (Å²) in [6.07, 6.45) is 2.23. The van der Waals surface area contributed by atoms with Crippen LogP contribution in [0.2, 0.25) is 0 Å². The number of benzene rings is 2. The predicted octanol–water partition coefficient (Wildman–Crippen LogP) is 3.93. The summed E-state index contributed by atoms with van der Waals surface area (Å²) in [6, 6.07) is 15.0. The van der Waals surface area contributed by atoms with Crippen LogP contribution in [-0.4, -0.2) is 32.0 Å². The highest BCUT2D eigenvalue weighted by Gasteiger charge is 2.17. The predicted molar refractivity (Wildman–Crippen MR) is 108 cm³/mol. The molecule has 4 aromatic rings. The Labute approximate surface area is 160 Å². The molecule has 0 radical (unpaired) electrons. The number of methoxy groups -OCH3 is 1. The first-order chi connectivity index (χ1) is 13.2. The van der Waals surface area contributed by atoms with Crippen LogP contribution in [0.25, 0.3) is 22.4 Å². The third-order valence-corrected chi connectivity index (χ3v) is 5.45. The fourth-order valence-electron chi connectivity index (χ4n) is 3.06. The Morgan fingerprint density at radius 3 is 2.78 bits per heavy atom. The zero-order valence-corrected chi connectivity index (χ0v) is 16.1. The summed E-state index contributed by atoms with van der Waals surface area (Å²) in [5.74, 6) is 2.15. The largest absolute Gasteiger partial charge is 0.497 e. The Morgan fingerprint density at radius 2 is 1.96 bits per heavy atom. The minimum atomic E-state index is -0.121. The smallest absolute Gasteiger partial charge is 0.267 e. The summed E-state index contributed by atoms with van der Waals surface area (Å²) in [7, 11) is 1.61. The van der Waals surface area contributed by atoms with Gasteiger partial charge in [0.1, 0.15) is 5.75 Å². The highest BCUT2D eigenvalue weighted by atomic mass is 32.2. The minimum Gasteiger partial charge on any atom is -0.497 e. The number of rotatable bonds is 6. The van der Waals surface area contributed by atoms with Crippen LogP contribution in [0.15, 0.2) is 58.5 Å². The summed E-state index contributed by atoms with van der Waals surface area (Å²) < 4.78 is 8.89. The van der Waals surface area contributed by atoms with E-state index in [1.807, 2.05) is 52.9 Å². The first-order valence-electron chi connectivity index (χ1n) is 8.90. The maximum absolute atomic E-state index is 13.2. The Bertz CT molecular complexity index is 1170. The van der Waals surface area contributed by atoms with Crippen molar-refractivity contribution in [3.05, 3.63) is 58.9 Å². The molecule has 2 aromatic carbocycles. The molecule has 0 saturated carbocycles. The highest BCUT2D eigenvalue weighted by Crippen LogP contribution is 2.24. The lowest BCUT2D eigenvalue weighted by molar-refractivity contribution is 0.414. The van der Waals surface area contributed by atoms with Gasteiger partial charge in [-0.05, 0) is 30.7 Å². The maximum atomic E-state index is 13.2. The molecule has 4 rings (SSSR count). The third kappa shape index (κ3) is 3.08. The topological polar surface area (TPSA) is 61.4 Å². The van der Waals surface area contributed by atoms with Crippen LogP contribution < -0.4 is 10.3 Å². The molecule has 0 aliphatic rings. The van der Waals surface area contributed by atoms with Crippen LogP contribution >= 0.6 is 11.8 Å². The fourth-order valence-corrected chi connectivity index (χ4v) is 4.09. The van der Waals surface area contributed by atoms with Crippen LogP contribution in [0.3, 0.4) is 0 Å². The number of thioether (sulfide) groups is 1. The molecule has 0 spiro atoms. The number of aromatic nitrogens is 4. The molecule has 7 heteroatoms. The molecule has 0 saturated heterocycles. The third-order valence-electron chi connectivity index (χ3n) is 4.44. The molecule has 2 heterocycles. The molecule has 0 atom stereocenters.